The SMILES string of the molecule is Cc1ccc2c(c1)N1C(=O)OC[C@@H]1CCN(C(=O)CN(C)C)C2. The average Bonchev–Trinajstić information content (AvgIpc) is 2.82. The lowest BCUT2D eigenvalue weighted by atomic mass is 10.0. The van der Waals surface area contributed by atoms with E-state index < -0.39 is 0 Å². The molecule has 124 valence electrons. The number of likely N-dealkylation sites (N-methyl/N-ethyl adjacent to an activating group) is 1. The largest absolute Gasteiger partial charge is 0.447 e. The molecule has 2 aliphatic heterocycles. The van der Waals surface area contributed by atoms with Crippen LogP contribution in [0.25, 0.3) is 0 Å². The van der Waals surface area contributed by atoms with E-state index in [4.69, 9.17) is 4.74 Å². The van der Waals surface area contributed by atoms with Gasteiger partial charge in [0.15, 0.2) is 0 Å². The van der Waals surface area contributed by atoms with E-state index in [1.54, 1.807) is 4.90 Å². The van der Waals surface area contributed by atoms with E-state index in [9.17, 15) is 9.59 Å². The zero-order valence-corrected chi connectivity index (χ0v) is 13.9. The van der Waals surface area contributed by atoms with Crippen molar-refractivity contribution in [3.8, 4) is 0 Å². The first-order chi connectivity index (χ1) is 11.0. The number of cyclic esters (lactones) is 1. The molecule has 0 radical (unpaired) electrons. The summed E-state index contributed by atoms with van der Waals surface area (Å²) in [6.45, 7) is 3.95. The van der Waals surface area contributed by atoms with Crippen LogP contribution in [0.4, 0.5) is 10.5 Å². The summed E-state index contributed by atoms with van der Waals surface area (Å²) < 4.78 is 5.24. The molecule has 2 heterocycles. The number of ether oxygens (including phenoxy) is 1. The summed E-state index contributed by atoms with van der Waals surface area (Å²) in [6, 6.07) is 6.03. The maximum Gasteiger partial charge on any atom is 0.414 e. The van der Waals surface area contributed by atoms with Crippen molar-refractivity contribution >= 4 is 17.7 Å². The molecule has 0 saturated carbocycles. The van der Waals surface area contributed by atoms with Gasteiger partial charge in [-0.15, -0.1) is 0 Å². The molecule has 23 heavy (non-hydrogen) atoms. The second-order valence-corrected chi connectivity index (χ2v) is 6.57. The summed E-state index contributed by atoms with van der Waals surface area (Å²) in [6.07, 6.45) is 0.452. The number of fused-ring (bicyclic) bond motifs is 3. The van der Waals surface area contributed by atoms with Crippen LogP contribution in [-0.2, 0) is 16.1 Å². The number of rotatable bonds is 2. The Morgan fingerprint density at radius 3 is 2.91 bits per heavy atom. The van der Waals surface area contributed by atoms with Gasteiger partial charge in [0.2, 0.25) is 5.91 Å². The summed E-state index contributed by atoms with van der Waals surface area (Å²) >= 11 is 0. The lowest BCUT2D eigenvalue weighted by Crippen LogP contribution is -2.44. The minimum Gasteiger partial charge on any atom is -0.447 e. The van der Waals surface area contributed by atoms with Crippen LogP contribution in [0.1, 0.15) is 17.5 Å². The Kier molecular flexibility index (Phi) is 4.26. The quantitative estimate of drug-likeness (QED) is 0.832. The first-order valence-electron chi connectivity index (χ1n) is 7.93. The third-order valence-electron chi connectivity index (χ3n) is 4.36. The van der Waals surface area contributed by atoms with Crippen molar-refractivity contribution in [3.63, 3.8) is 0 Å². The number of aryl methyl sites for hydroxylation is 1. The van der Waals surface area contributed by atoms with Gasteiger partial charge in [-0.2, -0.15) is 0 Å². The predicted molar refractivity (Wildman–Crippen MR) is 87.4 cm³/mol. The number of carbonyl (C=O) groups is 2. The Morgan fingerprint density at radius 1 is 1.39 bits per heavy atom. The Hall–Kier alpha value is -2.08. The summed E-state index contributed by atoms with van der Waals surface area (Å²) in [5, 5.41) is 0. The van der Waals surface area contributed by atoms with Crippen LogP contribution in [0, 0.1) is 6.92 Å². The van der Waals surface area contributed by atoms with Gasteiger partial charge in [-0.3, -0.25) is 9.69 Å². The molecule has 0 bridgehead atoms. The van der Waals surface area contributed by atoms with Crippen molar-refractivity contribution in [1.82, 2.24) is 9.80 Å². The van der Waals surface area contributed by atoms with E-state index in [1.807, 2.05) is 49.0 Å². The number of hydrogen-bond donors (Lipinski definition) is 0. The second-order valence-electron chi connectivity index (χ2n) is 6.57. The number of carbonyl (C=O) groups excluding carboxylic acids is 2. The molecule has 0 aromatic heterocycles. The topological polar surface area (TPSA) is 53.1 Å². The molecule has 1 aromatic carbocycles. The molecule has 2 aliphatic rings. The molecule has 1 aromatic rings. The van der Waals surface area contributed by atoms with Gasteiger partial charge in [-0.05, 0) is 44.6 Å². The van der Waals surface area contributed by atoms with Crippen LogP contribution in [-0.4, -0.2) is 61.6 Å². The van der Waals surface area contributed by atoms with E-state index in [0.717, 1.165) is 23.2 Å². The normalized spacial score (nSPS) is 20.7. The molecule has 2 amide bonds. The third kappa shape index (κ3) is 3.17. The van der Waals surface area contributed by atoms with E-state index >= 15 is 0 Å². The molecular formula is C17H23N3O3. The van der Waals surface area contributed by atoms with Gasteiger partial charge < -0.3 is 14.5 Å². The first-order valence-corrected chi connectivity index (χ1v) is 7.93. The molecule has 1 atom stereocenters. The minimum atomic E-state index is -0.282. The lowest BCUT2D eigenvalue weighted by molar-refractivity contribution is -0.132. The van der Waals surface area contributed by atoms with Crippen LogP contribution in [0.2, 0.25) is 0 Å². The van der Waals surface area contributed by atoms with Crippen LogP contribution in [0.3, 0.4) is 0 Å². The molecule has 6 heteroatoms. The summed E-state index contributed by atoms with van der Waals surface area (Å²) in [5.74, 6) is 0.111. The molecule has 0 unspecified atom stereocenters. The van der Waals surface area contributed by atoms with Gasteiger partial charge in [-0.1, -0.05) is 12.1 Å². The molecular weight excluding hydrogens is 294 g/mol. The van der Waals surface area contributed by atoms with Crippen LogP contribution in [0.5, 0.6) is 0 Å². The van der Waals surface area contributed by atoms with Gasteiger partial charge >= 0.3 is 6.09 Å². The standard InChI is InChI=1S/C17H23N3O3/c1-12-4-5-13-9-19(16(21)10-18(2)3)7-6-14-11-23-17(22)20(14)15(13)8-12/h4-5,8,14H,6-7,9-11H2,1-3H3/t14-/m0/s1. The molecule has 1 fully saturated rings. The van der Waals surface area contributed by atoms with Crippen molar-refractivity contribution in [3.05, 3.63) is 29.3 Å². The molecule has 1 saturated heterocycles. The maximum atomic E-state index is 12.5. The van der Waals surface area contributed by atoms with Crippen LogP contribution >= 0.6 is 0 Å². The number of hydrogen-bond acceptors (Lipinski definition) is 4. The van der Waals surface area contributed by atoms with Crippen molar-refractivity contribution in [2.45, 2.75) is 25.9 Å². The first kappa shape index (κ1) is 15.8. The van der Waals surface area contributed by atoms with Crippen molar-refractivity contribution in [2.75, 3.05) is 38.7 Å². The van der Waals surface area contributed by atoms with Crippen molar-refractivity contribution in [2.24, 2.45) is 0 Å². The summed E-state index contributed by atoms with van der Waals surface area (Å²) in [7, 11) is 3.79. The van der Waals surface area contributed by atoms with Gasteiger partial charge in [0.05, 0.1) is 18.3 Å². The zero-order chi connectivity index (χ0) is 16.6. The highest BCUT2D eigenvalue weighted by molar-refractivity contribution is 5.91. The molecule has 0 spiro atoms. The number of benzene rings is 1. The minimum absolute atomic E-state index is 0.00185. The fraction of sp³-hybridized carbons (Fsp3) is 0.529. The molecule has 0 aliphatic carbocycles. The van der Waals surface area contributed by atoms with E-state index in [0.29, 0.717) is 26.2 Å². The fourth-order valence-electron chi connectivity index (χ4n) is 3.17. The number of nitrogens with zero attached hydrogens (tertiary/aromatic N) is 3. The van der Waals surface area contributed by atoms with Gasteiger partial charge in [-0.25, -0.2) is 4.79 Å². The fourth-order valence-corrected chi connectivity index (χ4v) is 3.17. The summed E-state index contributed by atoms with van der Waals surface area (Å²) in [5.41, 5.74) is 2.96. The van der Waals surface area contributed by atoms with Crippen molar-refractivity contribution < 1.29 is 14.3 Å². The second kappa shape index (κ2) is 6.20. The molecule has 6 nitrogen and oxygen atoms in total. The Balaban J connectivity index is 1.95. The Morgan fingerprint density at radius 2 is 2.17 bits per heavy atom. The van der Waals surface area contributed by atoms with Crippen molar-refractivity contribution in [1.29, 1.82) is 0 Å². The monoisotopic (exact) mass is 317 g/mol. The van der Waals surface area contributed by atoms with E-state index in [1.165, 1.54) is 0 Å². The van der Waals surface area contributed by atoms with Crippen LogP contribution < -0.4 is 4.90 Å². The maximum absolute atomic E-state index is 12.5. The van der Waals surface area contributed by atoms with Crippen LogP contribution in [0.15, 0.2) is 18.2 Å². The molecule has 0 N–H and O–H groups in total. The zero-order valence-electron chi connectivity index (χ0n) is 13.9. The highest BCUT2D eigenvalue weighted by atomic mass is 16.6. The van der Waals surface area contributed by atoms with E-state index in [2.05, 4.69) is 0 Å². The Labute approximate surface area is 136 Å². The smallest absolute Gasteiger partial charge is 0.414 e. The van der Waals surface area contributed by atoms with Gasteiger partial charge in [0.25, 0.3) is 0 Å². The number of amides is 2. The van der Waals surface area contributed by atoms with E-state index in [-0.39, 0.29) is 18.0 Å². The highest BCUT2D eigenvalue weighted by Crippen LogP contribution is 2.32. The van der Waals surface area contributed by atoms with Gasteiger partial charge in [0.1, 0.15) is 6.61 Å². The highest BCUT2D eigenvalue weighted by Gasteiger charge is 2.37. The van der Waals surface area contributed by atoms with Gasteiger partial charge in [0, 0.05) is 13.1 Å². The average molecular weight is 317 g/mol. The lowest BCUT2D eigenvalue weighted by Gasteiger charge is -2.33. The molecule has 3 rings (SSSR count). The Bertz CT molecular complexity index is 630. The predicted octanol–water partition coefficient (Wildman–Crippen LogP) is 1.61. The summed E-state index contributed by atoms with van der Waals surface area (Å²) in [4.78, 5) is 30.1. The number of anilines is 1. The third-order valence-corrected chi connectivity index (χ3v) is 4.36.